The SMILES string of the molecule is Cn1cc2cc(-n3nc4c(C#N)cn(CC5CC5)c4c(-c4ccc(OC(F)F)cc4)c3=O)ccc2n1. The lowest BCUT2D eigenvalue weighted by Gasteiger charge is -2.13. The van der Waals surface area contributed by atoms with E-state index in [1.807, 2.05) is 29.9 Å². The fourth-order valence-electron chi connectivity index (χ4n) is 4.57. The van der Waals surface area contributed by atoms with Gasteiger partial charge in [0.15, 0.2) is 0 Å². The molecule has 0 saturated heterocycles. The van der Waals surface area contributed by atoms with E-state index in [4.69, 9.17) is 0 Å². The molecule has 10 heteroatoms. The number of nitriles is 1. The van der Waals surface area contributed by atoms with Crippen molar-refractivity contribution in [2.45, 2.75) is 26.0 Å². The van der Waals surface area contributed by atoms with Gasteiger partial charge in [0.25, 0.3) is 5.56 Å². The van der Waals surface area contributed by atoms with Crippen LogP contribution < -0.4 is 10.3 Å². The molecule has 1 aliphatic rings. The third-order valence-electron chi connectivity index (χ3n) is 6.38. The number of hydrogen-bond acceptors (Lipinski definition) is 5. The smallest absolute Gasteiger partial charge is 0.387 e. The van der Waals surface area contributed by atoms with Gasteiger partial charge in [-0.05, 0) is 54.7 Å². The van der Waals surface area contributed by atoms with Crippen molar-refractivity contribution in [1.82, 2.24) is 24.1 Å². The molecule has 2 aromatic carbocycles. The Morgan fingerprint density at radius 1 is 1.14 bits per heavy atom. The molecule has 5 aromatic rings. The van der Waals surface area contributed by atoms with E-state index in [-0.39, 0.29) is 11.3 Å². The summed E-state index contributed by atoms with van der Waals surface area (Å²) in [5.74, 6) is 0.477. The molecule has 1 fully saturated rings. The van der Waals surface area contributed by atoms with Gasteiger partial charge in [-0.3, -0.25) is 9.48 Å². The minimum atomic E-state index is -2.95. The number of nitrogens with zero attached hydrogens (tertiary/aromatic N) is 6. The van der Waals surface area contributed by atoms with Crippen LogP contribution in [0.4, 0.5) is 8.78 Å². The Morgan fingerprint density at radius 3 is 2.61 bits per heavy atom. The second kappa shape index (κ2) is 8.30. The van der Waals surface area contributed by atoms with Gasteiger partial charge in [-0.2, -0.15) is 28.9 Å². The first kappa shape index (κ1) is 22.0. The fraction of sp³-hybridized carbons (Fsp3) is 0.231. The van der Waals surface area contributed by atoms with Gasteiger partial charge in [-0.15, -0.1) is 0 Å². The molecule has 36 heavy (non-hydrogen) atoms. The van der Waals surface area contributed by atoms with E-state index in [1.165, 1.54) is 16.8 Å². The van der Waals surface area contributed by atoms with Crippen molar-refractivity contribution in [2.24, 2.45) is 13.0 Å². The van der Waals surface area contributed by atoms with Crippen LogP contribution in [0.15, 0.2) is 59.7 Å². The van der Waals surface area contributed by atoms with E-state index < -0.39 is 6.61 Å². The summed E-state index contributed by atoms with van der Waals surface area (Å²) in [7, 11) is 1.82. The molecule has 8 nitrogen and oxygen atoms in total. The van der Waals surface area contributed by atoms with E-state index in [0.717, 1.165) is 23.7 Å². The predicted octanol–water partition coefficient (Wildman–Crippen LogP) is 4.62. The number of fused-ring (bicyclic) bond motifs is 2. The molecule has 180 valence electrons. The highest BCUT2D eigenvalue weighted by molar-refractivity contribution is 5.95. The van der Waals surface area contributed by atoms with Crippen LogP contribution in [0.1, 0.15) is 18.4 Å². The highest BCUT2D eigenvalue weighted by Crippen LogP contribution is 2.35. The van der Waals surface area contributed by atoms with Gasteiger partial charge in [0.1, 0.15) is 17.3 Å². The summed E-state index contributed by atoms with van der Waals surface area (Å²) in [6.45, 7) is -2.28. The number of ether oxygens (including phenoxy) is 1. The maximum atomic E-state index is 14.0. The molecular formula is C26H20F2N6O2. The van der Waals surface area contributed by atoms with Gasteiger partial charge in [0.2, 0.25) is 0 Å². The van der Waals surface area contributed by atoms with E-state index >= 15 is 0 Å². The van der Waals surface area contributed by atoms with Crippen LogP contribution in [0.3, 0.4) is 0 Å². The molecule has 0 unspecified atom stereocenters. The van der Waals surface area contributed by atoms with Crippen molar-refractivity contribution in [1.29, 1.82) is 5.26 Å². The zero-order chi connectivity index (χ0) is 25.0. The monoisotopic (exact) mass is 486 g/mol. The van der Waals surface area contributed by atoms with E-state index in [2.05, 4.69) is 21.0 Å². The number of aromatic nitrogens is 5. The lowest BCUT2D eigenvalue weighted by Crippen LogP contribution is -2.24. The highest BCUT2D eigenvalue weighted by atomic mass is 19.3. The molecular weight excluding hydrogens is 466 g/mol. The molecule has 1 saturated carbocycles. The lowest BCUT2D eigenvalue weighted by molar-refractivity contribution is -0.0498. The van der Waals surface area contributed by atoms with Crippen molar-refractivity contribution in [3.05, 3.63) is 70.8 Å². The van der Waals surface area contributed by atoms with Crippen LogP contribution in [0, 0.1) is 17.2 Å². The van der Waals surface area contributed by atoms with Crippen LogP contribution in [-0.4, -0.2) is 30.7 Å². The Hall–Kier alpha value is -4.52. The van der Waals surface area contributed by atoms with Crippen molar-refractivity contribution >= 4 is 21.9 Å². The van der Waals surface area contributed by atoms with Gasteiger partial charge < -0.3 is 9.30 Å². The minimum Gasteiger partial charge on any atom is -0.435 e. The van der Waals surface area contributed by atoms with Gasteiger partial charge in [0, 0.05) is 31.4 Å². The number of benzene rings is 2. The molecule has 1 aliphatic carbocycles. The number of rotatable bonds is 6. The van der Waals surface area contributed by atoms with E-state index in [0.29, 0.717) is 45.9 Å². The van der Waals surface area contributed by atoms with Crippen molar-refractivity contribution < 1.29 is 13.5 Å². The van der Waals surface area contributed by atoms with Gasteiger partial charge in [-0.1, -0.05) is 12.1 Å². The predicted molar refractivity (Wildman–Crippen MR) is 129 cm³/mol. The number of hydrogen-bond donors (Lipinski definition) is 0. The lowest BCUT2D eigenvalue weighted by atomic mass is 10.1. The van der Waals surface area contributed by atoms with Crippen molar-refractivity contribution in [3.8, 4) is 28.6 Å². The zero-order valence-corrected chi connectivity index (χ0v) is 19.2. The third-order valence-corrected chi connectivity index (χ3v) is 6.38. The molecule has 0 spiro atoms. The highest BCUT2D eigenvalue weighted by Gasteiger charge is 2.26. The second-order valence-electron chi connectivity index (χ2n) is 8.99. The first-order valence-corrected chi connectivity index (χ1v) is 11.5. The summed E-state index contributed by atoms with van der Waals surface area (Å²) in [5, 5.41) is 19.7. The molecule has 0 N–H and O–H groups in total. The third kappa shape index (κ3) is 3.79. The molecule has 0 atom stereocenters. The Balaban J connectivity index is 1.61. The van der Waals surface area contributed by atoms with Gasteiger partial charge in [-0.25, -0.2) is 0 Å². The molecule has 0 amide bonds. The van der Waals surface area contributed by atoms with Crippen LogP contribution in [0.2, 0.25) is 0 Å². The molecule has 0 aliphatic heterocycles. The second-order valence-corrected chi connectivity index (χ2v) is 8.99. The number of halogens is 2. The first-order chi connectivity index (χ1) is 17.4. The normalized spacial score (nSPS) is 13.5. The molecule has 3 aromatic heterocycles. The Labute approximate surface area is 203 Å². The van der Waals surface area contributed by atoms with Crippen LogP contribution in [0.5, 0.6) is 5.75 Å². The Kier molecular flexibility index (Phi) is 5.07. The van der Waals surface area contributed by atoms with Crippen LogP contribution in [-0.2, 0) is 13.6 Å². The quantitative estimate of drug-likeness (QED) is 0.349. The van der Waals surface area contributed by atoms with Crippen molar-refractivity contribution in [2.75, 3.05) is 0 Å². The van der Waals surface area contributed by atoms with Gasteiger partial charge in [0.05, 0.1) is 27.8 Å². The number of aryl methyl sites for hydroxylation is 1. The minimum absolute atomic E-state index is 0.00696. The largest absolute Gasteiger partial charge is 0.435 e. The maximum absolute atomic E-state index is 14.0. The first-order valence-electron chi connectivity index (χ1n) is 11.5. The average Bonchev–Trinajstić information content (AvgIpc) is 3.49. The fourth-order valence-corrected chi connectivity index (χ4v) is 4.57. The summed E-state index contributed by atoms with van der Waals surface area (Å²) in [6, 6.07) is 13.5. The molecule has 3 heterocycles. The van der Waals surface area contributed by atoms with E-state index in [9.17, 15) is 18.8 Å². The van der Waals surface area contributed by atoms with E-state index in [1.54, 1.807) is 29.1 Å². The summed E-state index contributed by atoms with van der Waals surface area (Å²) >= 11 is 0. The van der Waals surface area contributed by atoms with Crippen molar-refractivity contribution in [3.63, 3.8) is 0 Å². The number of alkyl halides is 2. The average molecular weight is 486 g/mol. The topological polar surface area (TPSA) is 90.7 Å². The molecule has 0 radical (unpaired) electrons. The summed E-state index contributed by atoms with van der Waals surface area (Å²) < 4.78 is 34.7. The standard InChI is InChI=1S/C26H20F2N6O2/c1-32-13-17-10-19(6-9-21(17)30-32)34-25(35)22(16-4-7-20(8-5-16)36-26(27)28)24-23(31-34)18(11-29)14-33(24)12-15-2-3-15/h4-10,13-15,26H,2-3,12H2,1H3. The van der Waals surface area contributed by atoms with Gasteiger partial charge >= 0.3 is 6.61 Å². The Morgan fingerprint density at radius 2 is 1.92 bits per heavy atom. The maximum Gasteiger partial charge on any atom is 0.387 e. The van der Waals surface area contributed by atoms with Crippen LogP contribution in [0.25, 0.3) is 38.8 Å². The summed E-state index contributed by atoms with van der Waals surface area (Å²) in [6.07, 6.45) is 5.76. The summed E-state index contributed by atoms with van der Waals surface area (Å²) in [5.41, 5.74) is 3.12. The molecule has 6 rings (SSSR count). The van der Waals surface area contributed by atoms with Crippen LogP contribution >= 0.6 is 0 Å². The zero-order valence-electron chi connectivity index (χ0n) is 19.2. The summed E-state index contributed by atoms with van der Waals surface area (Å²) in [4.78, 5) is 14.0. The Bertz CT molecular complexity index is 1720. The molecule has 0 bridgehead atoms.